The zero-order valence-electron chi connectivity index (χ0n) is 8.08. The molecule has 1 atom stereocenters. The number of likely N-dealkylation sites (N-methyl/N-ethyl adjacent to an activating group) is 1. The van der Waals surface area contributed by atoms with E-state index in [4.69, 9.17) is 0 Å². The first-order valence-electron chi connectivity index (χ1n) is 4.19. The van der Waals surface area contributed by atoms with Gasteiger partial charge in [0.25, 0.3) is 0 Å². The number of rotatable bonds is 3. The van der Waals surface area contributed by atoms with Gasteiger partial charge in [0, 0.05) is 4.47 Å². The van der Waals surface area contributed by atoms with Crippen LogP contribution in [-0.4, -0.2) is 20.1 Å². The summed E-state index contributed by atoms with van der Waals surface area (Å²) in [6.45, 7) is 0. The Labute approximate surface area is 91.6 Å². The molecule has 1 rings (SSSR count). The van der Waals surface area contributed by atoms with E-state index in [1.807, 2.05) is 24.3 Å². The van der Waals surface area contributed by atoms with Crippen LogP contribution in [-0.2, 0) is 9.53 Å². The van der Waals surface area contributed by atoms with Gasteiger partial charge in [-0.25, -0.2) is 4.79 Å². The molecular formula is C10H12BrNO2. The van der Waals surface area contributed by atoms with E-state index in [2.05, 4.69) is 26.0 Å². The Morgan fingerprint density at radius 2 is 2.00 bits per heavy atom. The van der Waals surface area contributed by atoms with Gasteiger partial charge in [-0.05, 0) is 24.7 Å². The number of esters is 1. The van der Waals surface area contributed by atoms with Crippen LogP contribution in [0.2, 0.25) is 0 Å². The van der Waals surface area contributed by atoms with Gasteiger partial charge in [0.1, 0.15) is 6.04 Å². The van der Waals surface area contributed by atoms with Crippen LogP contribution in [0.1, 0.15) is 11.6 Å². The number of carbonyl (C=O) groups is 1. The Bertz CT molecular complexity index is 310. The number of benzene rings is 1. The van der Waals surface area contributed by atoms with Crippen LogP contribution < -0.4 is 5.32 Å². The molecule has 3 nitrogen and oxygen atoms in total. The summed E-state index contributed by atoms with van der Waals surface area (Å²) < 4.78 is 5.66. The Morgan fingerprint density at radius 3 is 2.43 bits per heavy atom. The van der Waals surface area contributed by atoms with E-state index >= 15 is 0 Å². The molecule has 14 heavy (non-hydrogen) atoms. The fourth-order valence-electron chi connectivity index (χ4n) is 1.19. The highest BCUT2D eigenvalue weighted by atomic mass is 79.9. The minimum atomic E-state index is -0.395. The zero-order valence-corrected chi connectivity index (χ0v) is 9.67. The largest absolute Gasteiger partial charge is 0.468 e. The quantitative estimate of drug-likeness (QED) is 0.841. The van der Waals surface area contributed by atoms with Crippen LogP contribution in [0.3, 0.4) is 0 Å². The second-order valence-corrected chi connectivity index (χ2v) is 3.71. The fourth-order valence-corrected chi connectivity index (χ4v) is 1.46. The van der Waals surface area contributed by atoms with Crippen LogP contribution >= 0.6 is 15.9 Å². The number of halogens is 1. The number of nitrogens with one attached hydrogen (secondary N) is 1. The first-order valence-corrected chi connectivity index (χ1v) is 4.99. The van der Waals surface area contributed by atoms with Gasteiger partial charge in [-0.3, -0.25) is 0 Å². The highest BCUT2D eigenvalue weighted by Crippen LogP contribution is 2.17. The average Bonchev–Trinajstić information content (AvgIpc) is 2.21. The van der Waals surface area contributed by atoms with Gasteiger partial charge in [0.05, 0.1) is 7.11 Å². The normalized spacial score (nSPS) is 12.2. The smallest absolute Gasteiger partial charge is 0.327 e. The summed E-state index contributed by atoms with van der Waals surface area (Å²) in [4.78, 5) is 11.3. The van der Waals surface area contributed by atoms with Gasteiger partial charge in [-0.2, -0.15) is 0 Å². The summed E-state index contributed by atoms with van der Waals surface area (Å²) in [6, 6.07) is 7.14. The molecule has 0 fully saturated rings. The molecule has 0 spiro atoms. The summed E-state index contributed by atoms with van der Waals surface area (Å²) >= 11 is 3.33. The van der Waals surface area contributed by atoms with Crippen molar-refractivity contribution in [3.05, 3.63) is 34.3 Å². The number of ether oxygens (including phenoxy) is 1. The molecule has 1 N–H and O–H groups in total. The van der Waals surface area contributed by atoms with E-state index < -0.39 is 6.04 Å². The number of hydrogen-bond donors (Lipinski definition) is 1. The maximum atomic E-state index is 11.3. The van der Waals surface area contributed by atoms with Crippen LogP contribution in [0.5, 0.6) is 0 Å². The first kappa shape index (κ1) is 11.2. The molecule has 0 aromatic heterocycles. The van der Waals surface area contributed by atoms with Gasteiger partial charge in [-0.15, -0.1) is 0 Å². The summed E-state index contributed by atoms with van der Waals surface area (Å²) in [5, 5.41) is 2.90. The molecule has 1 aromatic rings. The molecule has 76 valence electrons. The van der Waals surface area contributed by atoms with E-state index in [9.17, 15) is 4.79 Å². The van der Waals surface area contributed by atoms with E-state index in [-0.39, 0.29) is 5.97 Å². The minimum absolute atomic E-state index is 0.283. The molecule has 0 aliphatic heterocycles. The van der Waals surface area contributed by atoms with Crippen molar-refractivity contribution >= 4 is 21.9 Å². The van der Waals surface area contributed by atoms with Crippen molar-refractivity contribution < 1.29 is 9.53 Å². The molecule has 0 saturated carbocycles. The molecule has 0 aliphatic rings. The van der Waals surface area contributed by atoms with E-state index in [0.29, 0.717) is 0 Å². The summed E-state index contributed by atoms with van der Waals surface area (Å²) in [7, 11) is 3.11. The third kappa shape index (κ3) is 2.56. The standard InChI is InChI=1S/C10H12BrNO2/c1-12-9(10(13)14-2)7-3-5-8(11)6-4-7/h3-6,9,12H,1-2H3. The van der Waals surface area contributed by atoms with Gasteiger partial charge in [-0.1, -0.05) is 28.1 Å². The summed E-state index contributed by atoms with van der Waals surface area (Å²) in [5.41, 5.74) is 0.891. The SMILES string of the molecule is CNC(C(=O)OC)c1ccc(Br)cc1. The summed E-state index contributed by atoms with van der Waals surface area (Å²) in [6.07, 6.45) is 0. The number of methoxy groups -OCH3 is 1. The predicted molar refractivity (Wildman–Crippen MR) is 58.0 cm³/mol. The number of carbonyl (C=O) groups excluding carboxylic acids is 1. The lowest BCUT2D eigenvalue weighted by Crippen LogP contribution is -2.26. The van der Waals surface area contributed by atoms with Crippen molar-refractivity contribution in [1.29, 1.82) is 0 Å². The molecule has 0 aliphatic carbocycles. The summed E-state index contributed by atoms with van der Waals surface area (Å²) in [5.74, 6) is -0.283. The van der Waals surface area contributed by atoms with Crippen LogP contribution in [0.4, 0.5) is 0 Å². The fraction of sp³-hybridized carbons (Fsp3) is 0.300. The molecule has 0 saturated heterocycles. The van der Waals surface area contributed by atoms with Gasteiger partial charge < -0.3 is 10.1 Å². The lowest BCUT2D eigenvalue weighted by molar-refractivity contribution is -0.143. The van der Waals surface area contributed by atoms with Crippen molar-refractivity contribution in [3.63, 3.8) is 0 Å². The molecule has 0 heterocycles. The maximum Gasteiger partial charge on any atom is 0.327 e. The lowest BCUT2D eigenvalue weighted by Gasteiger charge is -2.13. The third-order valence-electron chi connectivity index (χ3n) is 1.93. The molecule has 1 aromatic carbocycles. The second-order valence-electron chi connectivity index (χ2n) is 2.80. The average molecular weight is 258 g/mol. The highest BCUT2D eigenvalue weighted by Gasteiger charge is 2.18. The molecule has 0 radical (unpaired) electrons. The molecular weight excluding hydrogens is 246 g/mol. The molecule has 0 bridgehead atoms. The topological polar surface area (TPSA) is 38.3 Å². The van der Waals surface area contributed by atoms with Crippen molar-refractivity contribution in [2.75, 3.05) is 14.2 Å². The molecule has 0 amide bonds. The van der Waals surface area contributed by atoms with Crippen LogP contribution in [0.25, 0.3) is 0 Å². The second kappa shape index (κ2) is 5.12. The Balaban J connectivity index is 2.89. The van der Waals surface area contributed by atoms with Gasteiger partial charge >= 0.3 is 5.97 Å². The van der Waals surface area contributed by atoms with E-state index in [0.717, 1.165) is 10.0 Å². The first-order chi connectivity index (χ1) is 6.69. The van der Waals surface area contributed by atoms with Crippen molar-refractivity contribution in [1.82, 2.24) is 5.32 Å². The van der Waals surface area contributed by atoms with Crippen molar-refractivity contribution in [2.45, 2.75) is 6.04 Å². The Hall–Kier alpha value is -0.870. The monoisotopic (exact) mass is 257 g/mol. The van der Waals surface area contributed by atoms with Gasteiger partial charge in [0.15, 0.2) is 0 Å². The van der Waals surface area contributed by atoms with Crippen LogP contribution in [0, 0.1) is 0 Å². The molecule has 4 heteroatoms. The van der Waals surface area contributed by atoms with Crippen LogP contribution in [0.15, 0.2) is 28.7 Å². The van der Waals surface area contributed by atoms with Crippen molar-refractivity contribution in [3.8, 4) is 0 Å². The lowest BCUT2D eigenvalue weighted by atomic mass is 10.1. The minimum Gasteiger partial charge on any atom is -0.468 e. The Morgan fingerprint density at radius 1 is 1.43 bits per heavy atom. The maximum absolute atomic E-state index is 11.3. The van der Waals surface area contributed by atoms with Gasteiger partial charge in [0.2, 0.25) is 0 Å². The molecule has 1 unspecified atom stereocenters. The highest BCUT2D eigenvalue weighted by molar-refractivity contribution is 9.10. The number of hydrogen-bond acceptors (Lipinski definition) is 3. The van der Waals surface area contributed by atoms with E-state index in [1.54, 1.807) is 7.05 Å². The zero-order chi connectivity index (χ0) is 10.6. The van der Waals surface area contributed by atoms with E-state index in [1.165, 1.54) is 7.11 Å². The Kier molecular flexibility index (Phi) is 4.10. The predicted octanol–water partition coefficient (Wildman–Crippen LogP) is 1.88. The van der Waals surface area contributed by atoms with Crippen molar-refractivity contribution in [2.24, 2.45) is 0 Å². The third-order valence-corrected chi connectivity index (χ3v) is 2.46.